The SMILES string of the molecule is C[C@H]1CCN(C(=O)C[NH+]2Cc3ccccc3C[C@H]2C(N)=O)c2ccccc2S1. The second kappa shape index (κ2) is 7.97. The van der Waals surface area contributed by atoms with E-state index in [1.165, 1.54) is 5.56 Å². The first-order chi connectivity index (χ1) is 13.5. The van der Waals surface area contributed by atoms with Crippen LogP contribution in [-0.4, -0.2) is 36.2 Å². The summed E-state index contributed by atoms with van der Waals surface area (Å²) in [5, 5.41) is 0.464. The summed E-state index contributed by atoms with van der Waals surface area (Å²) in [6.45, 7) is 3.83. The molecule has 2 aliphatic heterocycles. The number of hydrogen-bond donors (Lipinski definition) is 2. The van der Waals surface area contributed by atoms with Gasteiger partial charge in [0.05, 0.1) is 5.69 Å². The highest BCUT2D eigenvalue weighted by Gasteiger charge is 2.36. The maximum absolute atomic E-state index is 13.3. The molecule has 2 heterocycles. The van der Waals surface area contributed by atoms with Crippen molar-refractivity contribution in [2.75, 3.05) is 18.0 Å². The van der Waals surface area contributed by atoms with Crippen molar-refractivity contribution in [3.8, 4) is 0 Å². The lowest BCUT2D eigenvalue weighted by Gasteiger charge is -2.33. The lowest BCUT2D eigenvalue weighted by molar-refractivity contribution is -0.924. The Morgan fingerprint density at radius 3 is 2.64 bits per heavy atom. The zero-order valence-corrected chi connectivity index (χ0v) is 16.9. The fourth-order valence-electron chi connectivity index (χ4n) is 4.18. The summed E-state index contributed by atoms with van der Waals surface area (Å²) >= 11 is 1.82. The molecule has 2 aromatic rings. The number of primary amides is 1. The summed E-state index contributed by atoms with van der Waals surface area (Å²) in [6, 6.07) is 15.8. The number of carbonyl (C=O) groups excluding carboxylic acids is 2. The normalized spacial score (nSPS) is 24.0. The summed E-state index contributed by atoms with van der Waals surface area (Å²) in [6.07, 6.45) is 1.54. The van der Waals surface area contributed by atoms with E-state index in [1.807, 2.05) is 53.1 Å². The van der Waals surface area contributed by atoms with Crippen molar-refractivity contribution in [2.45, 2.75) is 42.5 Å². The average molecular weight is 397 g/mol. The predicted octanol–water partition coefficient (Wildman–Crippen LogP) is 1.40. The minimum absolute atomic E-state index is 0.0581. The first kappa shape index (κ1) is 19.0. The number of quaternary nitrogens is 1. The maximum Gasteiger partial charge on any atom is 0.282 e. The molecule has 2 amide bonds. The summed E-state index contributed by atoms with van der Waals surface area (Å²) in [7, 11) is 0. The number of nitrogens with zero attached hydrogens (tertiary/aromatic N) is 1. The molecule has 0 spiro atoms. The van der Waals surface area contributed by atoms with Gasteiger partial charge in [0.15, 0.2) is 12.6 Å². The Morgan fingerprint density at radius 2 is 1.86 bits per heavy atom. The number of carbonyl (C=O) groups is 2. The fourth-order valence-corrected chi connectivity index (χ4v) is 5.30. The van der Waals surface area contributed by atoms with Crippen LogP contribution in [0.3, 0.4) is 0 Å². The fraction of sp³-hybridized carbons (Fsp3) is 0.364. The molecular weight excluding hydrogens is 370 g/mol. The molecule has 28 heavy (non-hydrogen) atoms. The first-order valence-corrected chi connectivity index (χ1v) is 10.7. The number of amides is 2. The summed E-state index contributed by atoms with van der Waals surface area (Å²) in [5.74, 6) is -0.277. The van der Waals surface area contributed by atoms with Gasteiger partial charge < -0.3 is 15.5 Å². The molecule has 5 nitrogen and oxygen atoms in total. The predicted molar refractivity (Wildman–Crippen MR) is 111 cm³/mol. The summed E-state index contributed by atoms with van der Waals surface area (Å²) in [5.41, 5.74) is 9.04. The van der Waals surface area contributed by atoms with E-state index in [-0.39, 0.29) is 24.4 Å². The number of thioether (sulfide) groups is 1. The minimum Gasteiger partial charge on any atom is -0.365 e. The van der Waals surface area contributed by atoms with Gasteiger partial charge in [-0.05, 0) is 24.1 Å². The van der Waals surface area contributed by atoms with Gasteiger partial charge in [-0.2, -0.15) is 0 Å². The van der Waals surface area contributed by atoms with Gasteiger partial charge in [-0.15, -0.1) is 11.8 Å². The zero-order chi connectivity index (χ0) is 19.7. The second-order valence-electron chi connectivity index (χ2n) is 7.67. The molecular formula is C22H26N3O2S+. The van der Waals surface area contributed by atoms with E-state index in [2.05, 4.69) is 19.1 Å². The number of hydrogen-bond acceptors (Lipinski definition) is 3. The van der Waals surface area contributed by atoms with E-state index in [0.29, 0.717) is 24.8 Å². The van der Waals surface area contributed by atoms with Gasteiger partial charge in [-0.1, -0.05) is 43.3 Å². The first-order valence-electron chi connectivity index (χ1n) is 9.79. The van der Waals surface area contributed by atoms with Crippen LogP contribution in [0.4, 0.5) is 5.69 Å². The van der Waals surface area contributed by atoms with Crippen LogP contribution in [0.2, 0.25) is 0 Å². The van der Waals surface area contributed by atoms with Crippen molar-refractivity contribution < 1.29 is 14.5 Å². The second-order valence-corrected chi connectivity index (χ2v) is 9.15. The lowest BCUT2D eigenvalue weighted by Crippen LogP contribution is -3.18. The van der Waals surface area contributed by atoms with E-state index < -0.39 is 0 Å². The van der Waals surface area contributed by atoms with E-state index in [4.69, 9.17) is 5.73 Å². The van der Waals surface area contributed by atoms with Crippen molar-refractivity contribution in [1.82, 2.24) is 0 Å². The van der Waals surface area contributed by atoms with Crippen molar-refractivity contribution in [3.05, 3.63) is 59.7 Å². The highest BCUT2D eigenvalue weighted by Crippen LogP contribution is 2.37. The number of fused-ring (bicyclic) bond motifs is 2. The topological polar surface area (TPSA) is 67.8 Å². The van der Waals surface area contributed by atoms with Gasteiger partial charge in [0.2, 0.25) is 0 Å². The van der Waals surface area contributed by atoms with Crippen LogP contribution in [0.15, 0.2) is 53.4 Å². The van der Waals surface area contributed by atoms with E-state index >= 15 is 0 Å². The molecule has 0 bridgehead atoms. The van der Waals surface area contributed by atoms with Crippen LogP contribution in [0.5, 0.6) is 0 Å². The molecule has 3 N–H and O–H groups in total. The summed E-state index contributed by atoms with van der Waals surface area (Å²) < 4.78 is 0. The van der Waals surface area contributed by atoms with Crippen LogP contribution in [0.1, 0.15) is 24.5 Å². The van der Waals surface area contributed by atoms with Crippen molar-refractivity contribution in [2.24, 2.45) is 5.73 Å². The lowest BCUT2D eigenvalue weighted by atomic mass is 9.93. The van der Waals surface area contributed by atoms with E-state index in [1.54, 1.807) is 0 Å². The molecule has 1 unspecified atom stereocenters. The number of nitrogens with two attached hydrogens (primary N) is 1. The molecule has 0 saturated carbocycles. The van der Waals surface area contributed by atoms with Crippen LogP contribution in [0, 0.1) is 0 Å². The Labute approximate surface area is 169 Å². The Bertz CT molecular complexity index is 901. The number of anilines is 1. The van der Waals surface area contributed by atoms with Crippen molar-refractivity contribution in [1.29, 1.82) is 0 Å². The van der Waals surface area contributed by atoms with Gasteiger partial charge in [0, 0.05) is 28.7 Å². The molecule has 3 atom stereocenters. The van der Waals surface area contributed by atoms with Crippen molar-refractivity contribution >= 4 is 29.3 Å². The zero-order valence-electron chi connectivity index (χ0n) is 16.1. The molecule has 0 saturated heterocycles. The number of nitrogens with one attached hydrogen (secondary N) is 1. The van der Waals surface area contributed by atoms with E-state index in [0.717, 1.165) is 27.5 Å². The highest BCUT2D eigenvalue weighted by molar-refractivity contribution is 8.00. The van der Waals surface area contributed by atoms with Gasteiger partial charge >= 0.3 is 0 Å². The van der Waals surface area contributed by atoms with Gasteiger partial charge in [-0.3, -0.25) is 9.59 Å². The van der Waals surface area contributed by atoms with Crippen LogP contribution in [0.25, 0.3) is 0 Å². The third-order valence-corrected chi connectivity index (χ3v) is 6.96. The van der Waals surface area contributed by atoms with Gasteiger partial charge in [-0.25, -0.2) is 0 Å². The molecule has 2 aliphatic rings. The third kappa shape index (κ3) is 3.80. The quantitative estimate of drug-likeness (QED) is 0.824. The highest BCUT2D eigenvalue weighted by atomic mass is 32.2. The Hall–Kier alpha value is -2.31. The Balaban J connectivity index is 1.58. The minimum atomic E-state index is -0.366. The number of benzene rings is 2. The van der Waals surface area contributed by atoms with E-state index in [9.17, 15) is 9.59 Å². The van der Waals surface area contributed by atoms with Crippen LogP contribution >= 0.6 is 11.8 Å². The van der Waals surface area contributed by atoms with Crippen LogP contribution < -0.4 is 15.5 Å². The largest absolute Gasteiger partial charge is 0.365 e. The maximum atomic E-state index is 13.3. The molecule has 0 fully saturated rings. The number of para-hydroxylation sites is 1. The molecule has 146 valence electrons. The molecule has 0 aromatic heterocycles. The standard InChI is InChI=1S/C22H25N3O2S/c1-15-10-11-25(18-8-4-5-9-20(18)28-15)21(26)14-24-13-17-7-3-2-6-16(17)12-19(24)22(23)27/h2-9,15,19H,10-14H2,1H3,(H2,23,27)/p+1/t15-,19-/m0/s1. The van der Waals surface area contributed by atoms with Gasteiger partial charge in [0.1, 0.15) is 6.54 Å². The smallest absolute Gasteiger partial charge is 0.282 e. The summed E-state index contributed by atoms with van der Waals surface area (Å²) in [4.78, 5) is 29.4. The Morgan fingerprint density at radius 1 is 1.14 bits per heavy atom. The van der Waals surface area contributed by atoms with Crippen LogP contribution in [-0.2, 0) is 22.6 Å². The molecule has 2 aromatic carbocycles. The average Bonchev–Trinajstić information content (AvgIpc) is 2.85. The molecule has 0 aliphatic carbocycles. The monoisotopic (exact) mass is 396 g/mol. The van der Waals surface area contributed by atoms with Gasteiger partial charge in [0.25, 0.3) is 11.8 Å². The third-order valence-electron chi connectivity index (χ3n) is 5.72. The molecule has 6 heteroatoms. The number of rotatable bonds is 3. The van der Waals surface area contributed by atoms with Crippen molar-refractivity contribution in [3.63, 3.8) is 0 Å². The molecule has 0 radical (unpaired) electrons. The molecule has 4 rings (SSSR count). The Kier molecular flexibility index (Phi) is 5.42.